The maximum atomic E-state index is 13.1. The van der Waals surface area contributed by atoms with Crippen molar-refractivity contribution in [3.8, 4) is 0 Å². The van der Waals surface area contributed by atoms with Gasteiger partial charge in [-0.3, -0.25) is 4.79 Å². The number of nitrogens with zero attached hydrogens (tertiary/aromatic N) is 2. The lowest BCUT2D eigenvalue weighted by atomic mass is 10.0. The zero-order chi connectivity index (χ0) is 23.3. The summed E-state index contributed by atoms with van der Waals surface area (Å²) in [5, 5.41) is 0.657. The number of hydrogen-bond donors (Lipinski definition) is 0. The zero-order valence-corrected chi connectivity index (χ0v) is 20.4. The third kappa shape index (κ3) is 6.10. The van der Waals surface area contributed by atoms with E-state index in [-0.39, 0.29) is 42.3 Å². The fourth-order valence-corrected chi connectivity index (χ4v) is 5.48. The highest BCUT2D eigenvalue weighted by atomic mass is 35.5. The predicted octanol–water partition coefficient (Wildman–Crippen LogP) is 4.11. The van der Waals surface area contributed by atoms with Gasteiger partial charge < -0.3 is 9.64 Å². The SMILES string of the molecule is Cc1ccc(S(=O)(=O)N2CCC(=O)N([C@H](COCc3cccc(Cl)c3)C(C)C)CC2)cc1. The van der Waals surface area contributed by atoms with Gasteiger partial charge in [-0.1, -0.05) is 55.3 Å². The molecule has 0 unspecified atom stereocenters. The standard InChI is InChI=1S/C24H31ClN2O4S/c1-18(2)23(17-31-16-20-5-4-6-21(25)15-20)27-14-13-26(12-11-24(27)28)32(29,30)22-9-7-19(3)8-10-22/h4-10,15,18,23H,11-14,16-17H2,1-3H3/t23-/m1/s1. The van der Waals surface area contributed by atoms with E-state index < -0.39 is 10.0 Å². The van der Waals surface area contributed by atoms with Crippen LogP contribution in [0.15, 0.2) is 53.4 Å². The van der Waals surface area contributed by atoms with E-state index in [9.17, 15) is 13.2 Å². The maximum Gasteiger partial charge on any atom is 0.243 e. The highest BCUT2D eigenvalue weighted by Crippen LogP contribution is 2.22. The molecule has 1 saturated heterocycles. The largest absolute Gasteiger partial charge is 0.375 e. The molecule has 1 atom stereocenters. The van der Waals surface area contributed by atoms with E-state index in [0.717, 1.165) is 11.1 Å². The Labute approximate surface area is 196 Å². The number of aryl methyl sites for hydroxylation is 1. The Morgan fingerprint density at radius 1 is 1.06 bits per heavy atom. The van der Waals surface area contributed by atoms with Gasteiger partial charge in [0.05, 0.1) is 24.2 Å². The number of carbonyl (C=O) groups is 1. The molecular formula is C24H31ClN2O4S. The Morgan fingerprint density at radius 3 is 2.44 bits per heavy atom. The fourth-order valence-electron chi connectivity index (χ4n) is 3.84. The second-order valence-electron chi connectivity index (χ2n) is 8.51. The molecule has 2 aromatic carbocycles. The molecule has 8 heteroatoms. The molecule has 174 valence electrons. The first-order valence-corrected chi connectivity index (χ1v) is 12.7. The van der Waals surface area contributed by atoms with E-state index in [0.29, 0.717) is 24.8 Å². The van der Waals surface area contributed by atoms with Gasteiger partial charge in [0.25, 0.3) is 0 Å². The molecule has 0 saturated carbocycles. The van der Waals surface area contributed by atoms with Crippen LogP contribution >= 0.6 is 11.6 Å². The van der Waals surface area contributed by atoms with E-state index in [1.807, 2.05) is 45.0 Å². The van der Waals surface area contributed by atoms with Crippen LogP contribution in [-0.2, 0) is 26.2 Å². The topological polar surface area (TPSA) is 66.9 Å². The van der Waals surface area contributed by atoms with Crippen LogP contribution in [0, 0.1) is 12.8 Å². The van der Waals surface area contributed by atoms with Crippen LogP contribution < -0.4 is 0 Å². The highest BCUT2D eigenvalue weighted by molar-refractivity contribution is 7.89. The third-order valence-electron chi connectivity index (χ3n) is 5.76. The van der Waals surface area contributed by atoms with Crippen LogP contribution in [-0.4, -0.2) is 55.8 Å². The minimum Gasteiger partial charge on any atom is -0.375 e. The summed E-state index contributed by atoms with van der Waals surface area (Å²) in [7, 11) is -3.64. The lowest BCUT2D eigenvalue weighted by Gasteiger charge is -2.33. The summed E-state index contributed by atoms with van der Waals surface area (Å²) in [5.41, 5.74) is 1.97. The molecule has 0 spiro atoms. The van der Waals surface area contributed by atoms with Crippen LogP contribution in [0.5, 0.6) is 0 Å². The smallest absolute Gasteiger partial charge is 0.243 e. The average Bonchev–Trinajstić information content (AvgIpc) is 2.93. The molecule has 1 aliphatic heterocycles. The summed E-state index contributed by atoms with van der Waals surface area (Å²) in [6, 6.07) is 14.2. The highest BCUT2D eigenvalue weighted by Gasteiger charge is 2.33. The number of carbonyl (C=O) groups excluding carboxylic acids is 1. The van der Waals surface area contributed by atoms with Crippen molar-refractivity contribution in [1.82, 2.24) is 9.21 Å². The van der Waals surface area contributed by atoms with Gasteiger partial charge in [0.2, 0.25) is 15.9 Å². The van der Waals surface area contributed by atoms with Gasteiger partial charge in [-0.05, 0) is 42.7 Å². The molecule has 0 bridgehead atoms. The molecule has 0 aliphatic carbocycles. The summed E-state index contributed by atoms with van der Waals surface area (Å²) in [5.74, 6) is 0.121. The van der Waals surface area contributed by atoms with Crippen molar-refractivity contribution < 1.29 is 17.9 Å². The Hall–Kier alpha value is -1.93. The van der Waals surface area contributed by atoms with Crippen molar-refractivity contribution in [3.63, 3.8) is 0 Å². The number of halogens is 1. The summed E-state index contributed by atoms with van der Waals surface area (Å²) < 4.78 is 33.5. The number of benzene rings is 2. The Bertz CT molecular complexity index is 1020. The fraction of sp³-hybridized carbons (Fsp3) is 0.458. The minimum atomic E-state index is -3.64. The minimum absolute atomic E-state index is 0.0448. The molecule has 0 aromatic heterocycles. The van der Waals surface area contributed by atoms with Crippen molar-refractivity contribution in [1.29, 1.82) is 0 Å². The predicted molar refractivity (Wildman–Crippen MR) is 126 cm³/mol. The Kier molecular flexibility index (Phi) is 8.33. The quantitative estimate of drug-likeness (QED) is 0.572. The lowest BCUT2D eigenvalue weighted by Crippen LogP contribution is -2.47. The first-order chi connectivity index (χ1) is 15.2. The van der Waals surface area contributed by atoms with E-state index >= 15 is 0 Å². The van der Waals surface area contributed by atoms with Crippen LogP contribution in [0.3, 0.4) is 0 Å². The molecule has 1 heterocycles. The van der Waals surface area contributed by atoms with Gasteiger partial charge in [-0.15, -0.1) is 0 Å². The van der Waals surface area contributed by atoms with Gasteiger partial charge >= 0.3 is 0 Å². The Morgan fingerprint density at radius 2 is 1.78 bits per heavy atom. The average molecular weight is 479 g/mol. The summed E-state index contributed by atoms with van der Waals surface area (Å²) in [4.78, 5) is 15.0. The number of sulfonamides is 1. The second-order valence-corrected chi connectivity index (χ2v) is 10.9. The molecule has 1 fully saturated rings. The third-order valence-corrected chi connectivity index (χ3v) is 7.91. The van der Waals surface area contributed by atoms with E-state index in [4.69, 9.17) is 16.3 Å². The normalized spacial score (nSPS) is 16.9. The Balaban J connectivity index is 1.67. The van der Waals surface area contributed by atoms with Crippen molar-refractivity contribution in [2.75, 3.05) is 26.2 Å². The van der Waals surface area contributed by atoms with E-state index in [2.05, 4.69) is 0 Å². The monoisotopic (exact) mass is 478 g/mol. The van der Waals surface area contributed by atoms with Gasteiger partial charge in [-0.25, -0.2) is 8.42 Å². The van der Waals surface area contributed by atoms with Crippen LogP contribution in [0.25, 0.3) is 0 Å². The van der Waals surface area contributed by atoms with Gasteiger partial charge in [-0.2, -0.15) is 4.31 Å². The van der Waals surface area contributed by atoms with Crippen molar-refractivity contribution in [3.05, 3.63) is 64.7 Å². The molecule has 1 aliphatic rings. The van der Waals surface area contributed by atoms with Crippen LogP contribution in [0.4, 0.5) is 0 Å². The van der Waals surface area contributed by atoms with Gasteiger partial charge in [0.1, 0.15) is 0 Å². The van der Waals surface area contributed by atoms with Gasteiger partial charge in [0, 0.05) is 31.1 Å². The van der Waals surface area contributed by atoms with Crippen molar-refractivity contribution in [2.24, 2.45) is 5.92 Å². The van der Waals surface area contributed by atoms with Crippen molar-refractivity contribution >= 4 is 27.5 Å². The summed E-state index contributed by atoms with van der Waals surface area (Å²) in [6.45, 7) is 7.57. The molecule has 1 amide bonds. The second kappa shape index (κ2) is 10.8. The maximum absolute atomic E-state index is 13.1. The number of amides is 1. The van der Waals surface area contributed by atoms with E-state index in [1.54, 1.807) is 29.2 Å². The first-order valence-electron chi connectivity index (χ1n) is 10.9. The van der Waals surface area contributed by atoms with Crippen molar-refractivity contribution in [2.45, 2.75) is 44.7 Å². The number of ether oxygens (including phenoxy) is 1. The molecular weight excluding hydrogens is 448 g/mol. The van der Waals surface area contributed by atoms with E-state index in [1.165, 1.54) is 4.31 Å². The van der Waals surface area contributed by atoms with Crippen LogP contribution in [0.2, 0.25) is 5.02 Å². The zero-order valence-electron chi connectivity index (χ0n) is 18.8. The molecule has 32 heavy (non-hydrogen) atoms. The lowest BCUT2D eigenvalue weighted by molar-refractivity contribution is -0.135. The summed E-state index contributed by atoms with van der Waals surface area (Å²) >= 11 is 6.04. The van der Waals surface area contributed by atoms with Crippen LogP contribution in [0.1, 0.15) is 31.4 Å². The number of rotatable bonds is 8. The molecule has 2 aromatic rings. The van der Waals surface area contributed by atoms with Gasteiger partial charge in [0.15, 0.2) is 0 Å². The first kappa shape index (κ1) is 24.7. The molecule has 0 N–H and O–H groups in total. The molecule has 0 radical (unpaired) electrons. The molecule has 6 nitrogen and oxygen atoms in total. The summed E-state index contributed by atoms with van der Waals surface area (Å²) in [6.07, 6.45) is 0.155. The number of hydrogen-bond acceptors (Lipinski definition) is 4. The molecule has 3 rings (SSSR count).